The van der Waals surface area contributed by atoms with Crippen molar-refractivity contribution in [2.24, 2.45) is 0 Å². The summed E-state index contributed by atoms with van der Waals surface area (Å²) in [6.07, 6.45) is 12.3. The van der Waals surface area contributed by atoms with E-state index in [-0.39, 0.29) is 11.4 Å². The van der Waals surface area contributed by atoms with Gasteiger partial charge in [0.15, 0.2) is 0 Å². The molecule has 154 valence electrons. The average Bonchev–Trinajstić information content (AvgIpc) is 2.76. The Morgan fingerprint density at radius 1 is 1.21 bits per heavy atom. The third kappa shape index (κ3) is 3.82. The van der Waals surface area contributed by atoms with Crippen molar-refractivity contribution in [1.82, 2.24) is 14.8 Å². The highest BCUT2D eigenvalue weighted by atomic mass is 16.5. The van der Waals surface area contributed by atoms with Crippen LogP contribution >= 0.6 is 0 Å². The minimum absolute atomic E-state index is 0.114. The number of pyridine rings is 1. The number of hydrogen-bond acceptors (Lipinski definition) is 5. The first kappa shape index (κ1) is 19.8. The fraction of sp³-hybridized carbons (Fsp3) is 0.727. The van der Waals surface area contributed by atoms with Crippen molar-refractivity contribution in [2.75, 3.05) is 40.0 Å². The van der Waals surface area contributed by atoms with E-state index in [1.54, 1.807) is 19.5 Å². The van der Waals surface area contributed by atoms with Crippen molar-refractivity contribution in [3.05, 3.63) is 30.1 Å². The molecule has 4 rings (SSSR count). The Morgan fingerprint density at radius 2 is 2.00 bits per heavy atom. The van der Waals surface area contributed by atoms with Crippen LogP contribution in [0.15, 0.2) is 24.5 Å². The molecule has 1 amide bonds. The predicted molar refractivity (Wildman–Crippen MR) is 107 cm³/mol. The molecule has 28 heavy (non-hydrogen) atoms. The molecule has 1 spiro atoms. The smallest absolute Gasteiger partial charge is 0.255 e. The van der Waals surface area contributed by atoms with E-state index in [0.29, 0.717) is 30.9 Å². The Kier molecular flexibility index (Phi) is 6.28. The second kappa shape index (κ2) is 8.89. The molecule has 1 saturated carbocycles. The Labute approximate surface area is 168 Å². The lowest BCUT2D eigenvalue weighted by Crippen LogP contribution is -2.75. The fourth-order valence-electron chi connectivity index (χ4n) is 5.42. The number of rotatable bonds is 6. The Hall–Kier alpha value is -1.50. The van der Waals surface area contributed by atoms with Gasteiger partial charge < -0.3 is 14.4 Å². The van der Waals surface area contributed by atoms with Crippen LogP contribution in [0.3, 0.4) is 0 Å². The highest BCUT2D eigenvalue weighted by Gasteiger charge is 2.56. The maximum Gasteiger partial charge on any atom is 0.255 e. The van der Waals surface area contributed by atoms with E-state index in [1.165, 1.54) is 32.1 Å². The summed E-state index contributed by atoms with van der Waals surface area (Å²) >= 11 is 0. The van der Waals surface area contributed by atoms with Crippen molar-refractivity contribution in [3.8, 4) is 0 Å². The van der Waals surface area contributed by atoms with Gasteiger partial charge in [-0.1, -0.05) is 19.3 Å². The molecule has 3 heterocycles. The molecule has 1 atom stereocenters. The van der Waals surface area contributed by atoms with Crippen LogP contribution in [0, 0.1) is 0 Å². The van der Waals surface area contributed by atoms with E-state index in [1.807, 2.05) is 17.0 Å². The molecule has 2 saturated heterocycles. The van der Waals surface area contributed by atoms with E-state index in [0.717, 1.165) is 32.5 Å². The number of carbonyl (C=O) groups is 1. The molecule has 1 aliphatic carbocycles. The molecule has 0 aromatic carbocycles. The summed E-state index contributed by atoms with van der Waals surface area (Å²) in [5.74, 6) is 0.114. The topological polar surface area (TPSA) is 54.9 Å². The molecule has 3 fully saturated rings. The molecular weight excluding hydrogens is 354 g/mol. The van der Waals surface area contributed by atoms with Crippen LogP contribution < -0.4 is 0 Å². The lowest BCUT2D eigenvalue weighted by Gasteiger charge is -2.63. The lowest BCUT2D eigenvalue weighted by molar-refractivity contribution is -0.203. The summed E-state index contributed by atoms with van der Waals surface area (Å²) in [4.78, 5) is 21.5. The molecule has 0 bridgehead atoms. The highest BCUT2D eigenvalue weighted by molar-refractivity contribution is 5.93. The molecule has 2 aliphatic heterocycles. The van der Waals surface area contributed by atoms with Gasteiger partial charge >= 0.3 is 0 Å². The second-order valence-electron chi connectivity index (χ2n) is 8.43. The van der Waals surface area contributed by atoms with Crippen molar-refractivity contribution < 1.29 is 14.3 Å². The van der Waals surface area contributed by atoms with E-state index >= 15 is 0 Å². The standard InChI is InChI=1S/C22H33N3O3/c1-27-14-15-28-20-17-25(22(20)9-3-2-4-10-22)19-7-12-24(13-8-19)21(26)18-6-5-11-23-16-18/h5-6,11,16,19-20H,2-4,7-10,12-15,17H2,1H3. The van der Waals surface area contributed by atoms with E-state index in [9.17, 15) is 4.79 Å². The van der Waals surface area contributed by atoms with Gasteiger partial charge in [-0.2, -0.15) is 0 Å². The zero-order valence-corrected chi connectivity index (χ0v) is 17.0. The maximum atomic E-state index is 12.7. The molecule has 1 aromatic heterocycles. The summed E-state index contributed by atoms with van der Waals surface area (Å²) in [6.45, 7) is 4.06. The molecule has 0 radical (unpaired) electrons. The molecule has 3 aliphatic rings. The number of nitrogens with zero attached hydrogens (tertiary/aromatic N) is 3. The molecular formula is C22H33N3O3. The van der Waals surface area contributed by atoms with Crippen LogP contribution in [-0.4, -0.2) is 78.3 Å². The quantitative estimate of drug-likeness (QED) is 0.703. The molecule has 1 unspecified atom stereocenters. The minimum atomic E-state index is 0.114. The Morgan fingerprint density at radius 3 is 2.68 bits per heavy atom. The normalized spacial score (nSPS) is 25.6. The SMILES string of the molecule is COCCOC1CN(C2CCN(C(=O)c3cccnc3)CC2)C12CCCCC2. The molecule has 0 N–H and O–H groups in total. The van der Waals surface area contributed by atoms with Gasteiger partial charge in [0, 0.05) is 50.7 Å². The number of piperidine rings is 1. The number of methoxy groups -OCH3 is 1. The van der Waals surface area contributed by atoms with Gasteiger partial charge in [-0.15, -0.1) is 0 Å². The first-order chi connectivity index (χ1) is 13.7. The third-order valence-corrected chi connectivity index (χ3v) is 6.96. The Bertz CT molecular complexity index is 640. The van der Waals surface area contributed by atoms with Gasteiger partial charge in [-0.05, 0) is 37.8 Å². The van der Waals surface area contributed by atoms with Gasteiger partial charge in [0.05, 0.1) is 24.9 Å². The number of ether oxygens (including phenoxy) is 2. The number of hydrogen-bond donors (Lipinski definition) is 0. The number of likely N-dealkylation sites (tertiary alicyclic amines) is 2. The largest absolute Gasteiger partial charge is 0.382 e. The minimum Gasteiger partial charge on any atom is -0.382 e. The zero-order chi connectivity index (χ0) is 19.4. The van der Waals surface area contributed by atoms with E-state index in [4.69, 9.17) is 9.47 Å². The molecule has 6 nitrogen and oxygen atoms in total. The van der Waals surface area contributed by atoms with Crippen molar-refractivity contribution in [2.45, 2.75) is 62.6 Å². The van der Waals surface area contributed by atoms with Crippen molar-refractivity contribution in [3.63, 3.8) is 0 Å². The first-order valence-electron chi connectivity index (χ1n) is 10.8. The van der Waals surface area contributed by atoms with Gasteiger partial charge in [0.2, 0.25) is 0 Å². The second-order valence-corrected chi connectivity index (χ2v) is 8.43. The van der Waals surface area contributed by atoms with Crippen molar-refractivity contribution in [1.29, 1.82) is 0 Å². The maximum absolute atomic E-state index is 12.7. The van der Waals surface area contributed by atoms with Crippen LogP contribution in [0.5, 0.6) is 0 Å². The van der Waals surface area contributed by atoms with Crippen LogP contribution in [0.2, 0.25) is 0 Å². The van der Waals surface area contributed by atoms with Gasteiger partial charge in [0.25, 0.3) is 5.91 Å². The summed E-state index contributed by atoms with van der Waals surface area (Å²) in [6, 6.07) is 4.25. The summed E-state index contributed by atoms with van der Waals surface area (Å²) < 4.78 is 11.4. The van der Waals surface area contributed by atoms with Crippen molar-refractivity contribution >= 4 is 5.91 Å². The van der Waals surface area contributed by atoms with Gasteiger partial charge in [0.1, 0.15) is 0 Å². The summed E-state index contributed by atoms with van der Waals surface area (Å²) in [5, 5.41) is 0. The first-order valence-corrected chi connectivity index (χ1v) is 10.8. The van der Waals surface area contributed by atoms with E-state index < -0.39 is 0 Å². The predicted octanol–water partition coefficient (Wildman–Crippen LogP) is 2.74. The third-order valence-electron chi connectivity index (χ3n) is 6.96. The lowest BCUT2D eigenvalue weighted by atomic mass is 9.69. The number of carbonyl (C=O) groups excluding carboxylic acids is 1. The summed E-state index contributed by atoms with van der Waals surface area (Å²) in [5.41, 5.74) is 0.923. The van der Waals surface area contributed by atoms with Crippen LogP contribution in [0.4, 0.5) is 0 Å². The van der Waals surface area contributed by atoms with Gasteiger partial charge in [-0.25, -0.2) is 0 Å². The molecule has 1 aromatic rings. The fourth-order valence-corrected chi connectivity index (χ4v) is 5.42. The zero-order valence-electron chi connectivity index (χ0n) is 17.0. The van der Waals surface area contributed by atoms with Gasteiger partial charge in [-0.3, -0.25) is 14.7 Å². The Balaban J connectivity index is 1.35. The highest BCUT2D eigenvalue weighted by Crippen LogP contribution is 2.47. The van der Waals surface area contributed by atoms with Crippen LogP contribution in [0.25, 0.3) is 0 Å². The number of aromatic nitrogens is 1. The number of amides is 1. The average molecular weight is 388 g/mol. The summed E-state index contributed by atoms with van der Waals surface area (Å²) in [7, 11) is 1.73. The van der Waals surface area contributed by atoms with Crippen LogP contribution in [-0.2, 0) is 9.47 Å². The monoisotopic (exact) mass is 387 g/mol. The van der Waals surface area contributed by atoms with E-state index in [2.05, 4.69) is 9.88 Å². The van der Waals surface area contributed by atoms with Crippen LogP contribution in [0.1, 0.15) is 55.3 Å². The molecule has 6 heteroatoms.